The van der Waals surface area contributed by atoms with Crippen molar-refractivity contribution in [1.29, 1.82) is 5.26 Å². The smallest absolute Gasteiger partial charge is 0.339 e. The van der Waals surface area contributed by atoms with Crippen LogP contribution in [0.1, 0.15) is 24.2 Å². The van der Waals surface area contributed by atoms with E-state index in [1.807, 2.05) is 13.0 Å². The fourth-order valence-corrected chi connectivity index (χ4v) is 1.64. The van der Waals surface area contributed by atoms with E-state index in [0.717, 1.165) is 0 Å². The van der Waals surface area contributed by atoms with Crippen LogP contribution in [0.4, 0.5) is 0 Å². The van der Waals surface area contributed by atoms with E-state index in [1.165, 1.54) is 26.2 Å². The predicted molar refractivity (Wildman–Crippen MR) is 69.7 cm³/mol. The molecule has 0 N–H and O–H groups in total. The van der Waals surface area contributed by atoms with Crippen LogP contribution < -0.4 is 9.47 Å². The molecule has 0 saturated carbocycles. The lowest BCUT2D eigenvalue weighted by Crippen LogP contribution is -2.13. The summed E-state index contributed by atoms with van der Waals surface area (Å²) in [7, 11) is 1.45. The number of carbonyl (C=O) groups is 1. The van der Waals surface area contributed by atoms with E-state index < -0.39 is 12.1 Å². The fraction of sp³-hybridized carbons (Fsp3) is 0.385. The van der Waals surface area contributed by atoms with Crippen molar-refractivity contribution in [2.45, 2.75) is 20.0 Å². The molecule has 5 nitrogen and oxygen atoms in total. The number of hydrogen-bond acceptors (Lipinski definition) is 5. The maximum absolute atomic E-state index is 11.8. The third-order valence-corrected chi connectivity index (χ3v) is 2.50. The largest absolute Gasteiger partial charge is 0.493 e. The zero-order valence-electron chi connectivity index (χ0n) is 10.9. The summed E-state index contributed by atoms with van der Waals surface area (Å²) >= 11 is 6.03. The lowest BCUT2D eigenvalue weighted by atomic mass is 10.2. The van der Waals surface area contributed by atoms with Crippen molar-refractivity contribution in [1.82, 2.24) is 0 Å². The maximum Gasteiger partial charge on any atom is 0.339 e. The molecular weight excluding hydrogens is 270 g/mol. The molecule has 102 valence electrons. The van der Waals surface area contributed by atoms with E-state index >= 15 is 0 Å². The number of methoxy groups -OCH3 is 1. The minimum absolute atomic E-state index is 0.201. The van der Waals surface area contributed by atoms with Gasteiger partial charge in [-0.3, -0.25) is 0 Å². The number of rotatable bonds is 5. The summed E-state index contributed by atoms with van der Waals surface area (Å²) in [6.07, 6.45) is -0.830. The van der Waals surface area contributed by atoms with Gasteiger partial charge in [0.2, 0.25) is 0 Å². The van der Waals surface area contributed by atoms with Gasteiger partial charge in [0.05, 0.1) is 24.3 Å². The summed E-state index contributed by atoms with van der Waals surface area (Å²) in [6.45, 7) is 3.71. The van der Waals surface area contributed by atoms with Crippen molar-refractivity contribution in [2.75, 3.05) is 13.7 Å². The zero-order valence-corrected chi connectivity index (χ0v) is 11.7. The molecule has 0 amide bonds. The van der Waals surface area contributed by atoms with Gasteiger partial charge in [-0.2, -0.15) is 5.26 Å². The van der Waals surface area contributed by atoms with Crippen LogP contribution in [0, 0.1) is 11.3 Å². The third-order valence-electron chi connectivity index (χ3n) is 2.22. The first kappa shape index (κ1) is 15.1. The Bertz CT molecular complexity index is 510. The van der Waals surface area contributed by atoms with Crippen LogP contribution >= 0.6 is 11.6 Å². The second kappa shape index (κ2) is 6.86. The van der Waals surface area contributed by atoms with Gasteiger partial charge >= 0.3 is 5.97 Å². The van der Waals surface area contributed by atoms with Crippen LogP contribution in [-0.2, 0) is 4.74 Å². The number of ether oxygens (including phenoxy) is 3. The van der Waals surface area contributed by atoms with Crippen molar-refractivity contribution in [2.24, 2.45) is 0 Å². The Kier molecular flexibility index (Phi) is 5.46. The van der Waals surface area contributed by atoms with E-state index in [9.17, 15) is 4.79 Å². The van der Waals surface area contributed by atoms with Crippen LogP contribution in [0.2, 0.25) is 5.02 Å². The van der Waals surface area contributed by atoms with Gasteiger partial charge in [0, 0.05) is 0 Å². The van der Waals surface area contributed by atoms with Gasteiger partial charge in [-0.05, 0) is 26.0 Å². The molecule has 19 heavy (non-hydrogen) atoms. The highest BCUT2D eigenvalue weighted by molar-refractivity contribution is 6.32. The van der Waals surface area contributed by atoms with Crippen LogP contribution in [-0.4, -0.2) is 25.8 Å². The molecule has 0 unspecified atom stereocenters. The quantitative estimate of drug-likeness (QED) is 0.777. The normalized spacial score (nSPS) is 11.3. The van der Waals surface area contributed by atoms with Gasteiger partial charge in [-0.25, -0.2) is 4.79 Å². The highest BCUT2D eigenvalue weighted by Crippen LogP contribution is 2.36. The highest BCUT2D eigenvalue weighted by Gasteiger charge is 2.18. The first-order valence-electron chi connectivity index (χ1n) is 5.64. The minimum atomic E-state index is -0.830. The molecule has 0 saturated heterocycles. The first-order valence-corrected chi connectivity index (χ1v) is 6.02. The molecule has 1 aromatic rings. The molecule has 0 aromatic heterocycles. The number of carbonyl (C=O) groups excluding carboxylic acids is 1. The number of nitrogens with zero attached hydrogens (tertiary/aromatic N) is 1. The number of nitriles is 1. The predicted octanol–water partition coefficient (Wildman–Crippen LogP) is 2.82. The molecule has 1 aromatic carbocycles. The molecule has 1 rings (SSSR count). The van der Waals surface area contributed by atoms with Crippen LogP contribution in [0.25, 0.3) is 0 Å². The van der Waals surface area contributed by atoms with Crippen LogP contribution in [0.3, 0.4) is 0 Å². The lowest BCUT2D eigenvalue weighted by molar-refractivity contribution is 0.0435. The molecular formula is C13H14ClNO4. The SMILES string of the molecule is CCOc1c(Cl)cc(C(=O)O[C@@H](C)C#N)cc1OC. The lowest BCUT2D eigenvalue weighted by Gasteiger charge is -2.13. The van der Waals surface area contributed by atoms with Gasteiger partial charge in [0.1, 0.15) is 6.07 Å². The Morgan fingerprint density at radius 1 is 1.53 bits per heavy atom. The Hall–Kier alpha value is -1.93. The molecule has 0 bridgehead atoms. The van der Waals surface area contributed by atoms with Crippen LogP contribution in [0.5, 0.6) is 11.5 Å². The second-order valence-corrected chi connectivity index (χ2v) is 4.01. The summed E-state index contributed by atoms with van der Waals surface area (Å²) in [6, 6.07) is 4.69. The Balaban J connectivity index is 3.08. The van der Waals surface area contributed by atoms with E-state index in [1.54, 1.807) is 0 Å². The molecule has 0 radical (unpaired) electrons. The Morgan fingerprint density at radius 3 is 2.74 bits per heavy atom. The van der Waals surface area contributed by atoms with Crippen molar-refractivity contribution in [3.63, 3.8) is 0 Å². The molecule has 0 spiro atoms. The average Bonchev–Trinajstić information content (AvgIpc) is 2.40. The van der Waals surface area contributed by atoms with Crippen molar-refractivity contribution in [3.05, 3.63) is 22.7 Å². The molecule has 0 fully saturated rings. The fourth-order valence-electron chi connectivity index (χ4n) is 1.38. The summed E-state index contributed by atoms with van der Waals surface area (Å²) in [5.41, 5.74) is 0.201. The first-order chi connectivity index (χ1) is 9.03. The second-order valence-electron chi connectivity index (χ2n) is 3.60. The molecule has 6 heteroatoms. The van der Waals surface area contributed by atoms with Gasteiger partial charge in [0.15, 0.2) is 17.6 Å². The number of hydrogen-bond donors (Lipinski definition) is 0. The minimum Gasteiger partial charge on any atom is -0.493 e. The van der Waals surface area contributed by atoms with E-state index in [4.69, 9.17) is 31.1 Å². The highest BCUT2D eigenvalue weighted by atomic mass is 35.5. The number of halogens is 1. The van der Waals surface area contributed by atoms with Gasteiger partial charge in [-0.1, -0.05) is 11.6 Å². The number of benzene rings is 1. The number of esters is 1. The molecule has 0 heterocycles. The Labute approximate surface area is 116 Å². The molecule has 1 atom stereocenters. The van der Waals surface area contributed by atoms with Gasteiger partial charge in [-0.15, -0.1) is 0 Å². The zero-order chi connectivity index (χ0) is 14.4. The molecule has 0 aliphatic carbocycles. The van der Waals surface area contributed by atoms with Crippen molar-refractivity contribution >= 4 is 17.6 Å². The molecule has 0 aliphatic heterocycles. The van der Waals surface area contributed by atoms with Crippen LogP contribution in [0.15, 0.2) is 12.1 Å². The summed E-state index contributed by atoms with van der Waals surface area (Å²) < 4.78 is 15.3. The summed E-state index contributed by atoms with van der Waals surface area (Å²) in [4.78, 5) is 11.8. The standard InChI is InChI=1S/C13H14ClNO4/c1-4-18-12-10(14)5-9(6-11(12)17-3)13(16)19-8(2)7-15/h5-6,8H,4H2,1-3H3/t8-/m0/s1. The monoisotopic (exact) mass is 283 g/mol. The van der Waals surface area contributed by atoms with Gasteiger partial charge in [0.25, 0.3) is 0 Å². The summed E-state index contributed by atoms with van der Waals surface area (Å²) in [5.74, 6) is 0.0692. The van der Waals surface area contributed by atoms with Crippen molar-refractivity contribution in [3.8, 4) is 17.6 Å². The molecule has 0 aliphatic rings. The van der Waals surface area contributed by atoms with Gasteiger partial charge < -0.3 is 14.2 Å². The summed E-state index contributed by atoms with van der Waals surface area (Å²) in [5, 5.41) is 8.85. The Morgan fingerprint density at radius 2 is 2.21 bits per heavy atom. The van der Waals surface area contributed by atoms with Crippen molar-refractivity contribution < 1.29 is 19.0 Å². The van der Waals surface area contributed by atoms with E-state index in [2.05, 4.69) is 0 Å². The third kappa shape index (κ3) is 3.76. The maximum atomic E-state index is 11.8. The van der Waals surface area contributed by atoms with E-state index in [0.29, 0.717) is 18.1 Å². The average molecular weight is 284 g/mol. The topological polar surface area (TPSA) is 68.5 Å². The van der Waals surface area contributed by atoms with E-state index in [-0.39, 0.29) is 10.6 Å².